The summed E-state index contributed by atoms with van der Waals surface area (Å²) in [6.07, 6.45) is 6.68. The van der Waals surface area contributed by atoms with Crippen LogP contribution in [0.15, 0.2) is 11.2 Å². The molecule has 5 nitrogen and oxygen atoms in total. The lowest BCUT2D eigenvalue weighted by atomic mass is 9.93. The van der Waals surface area contributed by atoms with Gasteiger partial charge in [-0.1, -0.05) is 13.8 Å². The molecule has 2 N–H and O–H groups in total. The molecule has 142 valence electrons. The molecule has 0 aromatic carbocycles. The summed E-state index contributed by atoms with van der Waals surface area (Å²) >= 11 is 1.81. The van der Waals surface area contributed by atoms with E-state index in [0.717, 1.165) is 37.8 Å². The van der Waals surface area contributed by atoms with Gasteiger partial charge < -0.3 is 10.6 Å². The second-order valence-electron chi connectivity index (χ2n) is 7.68. The number of hydrogen-bond donors (Lipinski definition) is 2. The monoisotopic (exact) mass is 365 g/mol. The number of thiazole rings is 1. The fourth-order valence-corrected chi connectivity index (χ4v) is 4.15. The van der Waals surface area contributed by atoms with Crippen LogP contribution in [0, 0.1) is 5.92 Å². The van der Waals surface area contributed by atoms with E-state index in [1.807, 2.05) is 24.6 Å². The fourth-order valence-electron chi connectivity index (χ4n) is 3.29. The first kappa shape index (κ1) is 20.2. The maximum atomic E-state index is 4.47. The van der Waals surface area contributed by atoms with Crippen LogP contribution in [0.1, 0.15) is 50.4 Å². The number of hydrogen-bond acceptors (Lipinski definition) is 4. The minimum Gasteiger partial charge on any atom is -0.356 e. The SMILES string of the molecule is CCc1cnc(CCNC(=NC)NCC(C)(C)N2CCCC(C)C2)s1. The van der Waals surface area contributed by atoms with E-state index in [2.05, 4.69) is 53.2 Å². The summed E-state index contributed by atoms with van der Waals surface area (Å²) in [5.74, 6) is 1.68. The van der Waals surface area contributed by atoms with Crippen molar-refractivity contribution in [2.45, 2.75) is 58.9 Å². The fraction of sp³-hybridized carbons (Fsp3) is 0.789. The van der Waals surface area contributed by atoms with Gasteiger partial charge in [0.25, 0.3) is 0 Å². The number of nitrogens with one attached hydrogen (secondary N) is 2. The molecular weight excluding hydrogens is 330 g/mol. The first-order valence-electron chi connectivity index (χ1n) is 9.57. The zero-order valence-corrected chi connectivity index (χ0v) is 17.4. The van der Waals surface area contributed by atoms with Crippen LogP contribution in [-0.4, -0.2) is 54.6 Å². The molecule has 6 heteroatoms. The molecular formula is C19H35N5S. The highest BCUT2D eigenvalue weighted by atomic mass is 32.1. The second-order valence-corrected chi connectivity index (χ2v) is 8.88. The van der Waals surface area contributed by atoms with E-state index < -0.39 is 0 Å². The quantitative estimate of drug-likeness (QED) is 0.576. The second kappa shape index (κ2) is 9.53. The normalized spacial score (nSPS) is 19.9. The Morgan fingerprint density at radius 1 is 1.44 bits per heavy atom. The van der Waals surface area contributed by atoms with E-state index >= 15 is 0 Å². The number of aromatic nitrogens is 1. The van der Waals surface area contributed by atoms with Crippen LogP contribution in [0.3, 0.4) is 0 Å². The van der Waals surface area contributed by atoms with Crippen molar-refractivity contribution in [3.05, 3.63) is 16.1 Å². The summed E-state index contributed by atoms with van der Waals surface area (Å²) in [6.45, 7) is 13.3. The molecule has 0 bridgehead atoms. The summed E-state index contributed by atoms with van der Waals surface area (Å²) in [4.78, 5) is 12.8. The van der Waals surface area contributed by atoms with E-state index in [4.69, 9.17) is 0 Å². The topological polar surface area (TPSA) is 52.6 Å². The smallest absolute Gasteiger partial charge is 0.191 e. The maximum absolute atomic E-state index is 4.47. The van der Waals surface area contributed by atoms with E-state index in [1.54, 1.807) is 0 Å². The molecule has 0 radical (unpaired) electrons. The van der Waals surface area contributed by atoms with Gasteiger partial charge in [-0.15, -0.1) is 11.3 Å². The van der Waals surface area contributed by atoms with Crippen LogP contribution in [0.4, 0.5) is 0 Å². The van der Waals surface area contributed by atoms with Gasteiger partial charge in [0.2, 0.25) is 0 Å². The van der Waals surface area contributed by atoms with Crippen LogP contribution in [0.25, 0.3) is 0 Å². The number of aliphatic imine (C=N–C) groups is 1. The zero-order valence-electron chi connectivity index (χ0n) is 16.6. The Morgan fingerprint density at radius 3 is 2.88 bits per heavy atom. The Labute approximate surface area is 157 Å². The molecule has 1 aliphatic heterocycles. The average molecular weight is 366 g/mol. The van der Waals surface area contributed by atoms with Crippen LogP contribution in [-0.2, 0) is 12.8 Å². The largest absolute Gasteiger partial charge is 0.356 e. The van der Waals surface area contributed by atoms with Gasteiger partial charge in [-0.25, -0.2) is 4.98 Å². The van der Waals surface area contributed by atoms with Gasteiger partial charge in [0.1, 0.15) is 0 Å². The number of likely N-dealkylation sites (tertiary alicyclic amines) is 1. The third-order valence-corrected chi connectivity index (χ3v) is 6.21. The molecule has 2 rings (SSSR count). The lowest BCUT2D eigenvalue weighted by Gasteiger charge is -2.43. The van der Waals surface area contributed by atoms with Crippen molar-refractivity contribution in [1.82, 2.24) is 20.5 Å². The molecule has 0 saturated carbocycles. The standard InChI is InChI=1S/C19H35N5S/c1-6-16-12-22-17(25-16)9-10-21-18(20-5)23-14-19(3,4)24-11-7-8-15(2)13-24/h12,15H,6-11,13-14H2,1-5H3,(H2,20,21,23). The summed E-state index contributed by atoms with van der Waals surface area (Å²) in [5, 5.41) is 8.12. The molecule has 1 fully saturated rings. The number of nitrogens with zero attached hydrogens (tertiary/aromatic N) is 3. The van der Waals surface area contributed by atoms with Crippen molar-refractivity contribution in [2.75, 3.05) is 33.2 Å². The van der Waals surface area contributed by atoms with Gasteiger partial charge in [0.05, 0.1) is 5.01 Å². The predicted molar refractivity (Wildman–Crippen MR) is 109 cm³/mol. The molecule has 1 aliphatic rings. The molecule has 1 unspecified atom stereocenters. The third-order valence-electron chi connectivity index (χ3n) is 5.01. The van der Waals surface area contributed by atoms with Crippen molar-refractivity contribution < 1.29 is 0 Å². The molecule has 1 aromatic rings. The summed E-state index contributed by atoms with van der Waals surface area (Å²) < 4.78 is 0. The van der Waals surface area contributed by atoms with E-state index in [9.17, 15) is 0 Å². The molecule has 0 spiro atoms. The number of rotatable bonds is 7. The highest BCUT2D eigenvalue weighted by Gasteiger charge is 2.30. The Balaban J connectivity index is 1.75. The molecule has 0 amide bonds. The minimum atomic E-state index is 0.137. The molecule has 2 heterocycles. The number of piperidine rings is 1. The van der Waals surface area contributed by atoms with E-state index in [-0.39, 0.29) is 5.54 Å². The van der Waals surface area contributed by atoms with Gasteiger partial charge in [0, 0.05) is 49.7 Å². The van der Waals surface area contributed by atoms with Crippen LogP contribution < -0.4 is 10.6 Å². The molecule has 0 aliphatic carbocycles. The van der Waals surface area contributed by atoms with Crippen LogP contribution >= 0.6 is 11.3 Å². The molecule has 1 aromatic heterocycles. The number of aryl methyl sites for hydroxylation is 1. The van der Waals surface area contributed by atoms with Gasteiger partial charge in [0.15, 0.2) is 5.96 Å². The van der Waals surface area contributed by atoms with Crippen molar-refractivity contribution in [1.29, 1.82) is 0 Å². The van der Waals surface area contributed by atoms with Crippen molar-refractivity contribution in [2.24, 2.45) is 10.9 Å². The minimum absolute atomic E-state index is 0.137. The first-order chi connectivity index (χ1) is 11.9. The Kier molecular flexibility index (Phi) is 7.69. The van der Waals surface area contributed by atoms with Crippen LogP contribution in [0.2, 0.25) is 0 Å². The van der Waals surface area contributed by atoms with Crippen molar-refractivity contribution in [3.63, 3.8) is 0 Å². The predicted octanol–water partition coefficient (Wildman–Crippen LogP) is 2.92. The van der Waals surface area contributed by atoms with E-state index in [1.165, 1.54) is 35.8 Å². The van der Waals surface area contributed by atoms with Crippen molar-refractivity contribution >= 4 is 17.3 Å². The summed E-state index contributed by atoms with van der Waals surface area (Å²) in [5.41, 5.74) is 0.137. The summed E-state index contributed by atoms with van der Waals surface area (Å²) in [6, 6.07) is 0. The zero-order chi connectivity index (χ0) is 18.3. The van der Waals surface area contributed by atoms with Gasteiger partial charge in [-0.3, -0.25) is 9.89 Å². The van der Waals surface area contributed by atoms with Crippen molar-refractivity contribution in [3.8, 4) is 0 Å². The first-order valence-corrected chi connectivity index (χ1v) is 10.4. The lowest BCUT2D eigenvalue weighted by Crippen LogP contribution is -2.56. The van der Waals surface area contributed by atoms with Gasteiger partial charge >= 0.3 is 0 Å². The number of guanidine groups is 1. The highest BCUT2D eigenvalue weighted by molar-refractivity contribution is 7.11. The molecule has 25 heavy (non-hydrogen) atoms. The average Bonchev–Trinajstić information content (AvgIpc) is 3.06. The summed E-state index contributed by atoms with van der Waals surface area (Å²) in [7, 11) is 1.84. The van der Waals surface area contributed by atoms with Gasteiger partial charge in [-0.05, 0) is 45.6 Å². The molecule has 1 saturated heterocycles. The van der Waals surface area contributed by atoms with Crippen LogP contribution in [0.5, 0.6) is 0 Å². The Bertz CT molecular complexity index is 552. The third kappa shape index (κ3) is 6.26. The molecule has 1 atom stereocenters. The van der Waals surface area contributed by atoms with E-state index in [0.29, 0.717) is 0 Å². The Hall–Kier alpha value is -1.14. The highest BCUT2D eigenvalue weighted by Crippen LogP contribution is 2.23. The lowest BCUT2D eigenvalue weighted by molar-refractivity contribution is 0.0739. The maximum Gasteiger partial charge on any atom is 0.191 e. The van der Waals surface area contributed by atoms with Gasteiger partial charge in [-0.2, -0.15) is 0 Å². The Morgan fingerprint density at radius 2 is 2.24 bits per heavy atom.